The van der Waals surface area contributed by atoms with Crippen molar-refractivity contribution in [3.05, 3.63) is 63.6 Å². The molecule has 0 fully saturated rings. The Labute approximate surface area is 161 Å². The summed E-state index contributed by atoms with van der Waals surface area (Å²) in [5.74, 6) is -1.24. The Morgan fingerprint density at radius 1 is 0.962 bits per heavy atom. The van der Waals surface area contributed by atoms with Crippen LogP contribution >= 0.6 is 23.2 Å². The van der Waals surface area contributed by atoms with E-state index in [0.29, 0.717) is 10.7 Å². The topological polar surface area (TPSA) is 78.5 Å². The number of halogens is 2. The summed E-state index contributed by atoms with van der Waals surface area (Å²) in [6.07, 6.45) is 0. The van der Waals surface area contributed by atoms with E-state index >= 15 is 0 Å². The predicted molar refractivity (Wildman–Crippen MR) is 102 cm³/mol. The van der Waals surface area contributed by atoms with Crippen molar-refractivity contribution < 1.29 is 14.4 Å². The van der Waals surface area contributed by atoms with Gasteiger partial charge in [-0.3, -0.25) is 19.3 Å². The summed E-state index contributed by atoms with van der Waals surface area (Å²) in [4.78, 5) is 38.4. The highest BCUT2D eigenvalue weighted by molar-refractivity contribution is 6.42. The number of anilines is 1. The van der Waals surface area contributed by atoms with Crippen LogP contribution in [-0.4, -0.2) is 38.4 Å². The van der Waals surface area contributed by atoms with Gasteiger partial charge in [-0.05, 0) is 30.3 Å². The molecule has 2 aromatic carbocycles. The number of nitrogens with one attached hydrogen (secondary N) is 2. The van der Waals surface area contributed by atoms with Gasteiger partial charge in [0.15, 0.2) is 0 Å². The average molecular weight is 394 g/mol. The normalized spacial score (nSPS) is 10.2. The highest BCUT2D eigenvalue weighted by Gasteiger charge is 2.24. The second-order valence-electron chi connectivity index (χ2n) is 5.29. The molecule has 0 aliphatic rings. The molecular weight excluding hydrogens is 377 g/mol. The SMILES string of the molecule is CNC(=O)CN(C(=O)c1ccc(Cl)c(Cl)c1)c1ccccc1C(=O)NC. The minimum Gasteiger partial charge on any atom is -0.358 e. The van der Waals surface area contributed by atoms with Gasteiger partial charge >= 0.3 is 0 Å². The van der Waals surface area contributed by atoms with Crippen LogP contribution in [0.15, 0.2) is 42.5 Å². The van der Waals surface area contributed by atoms with Crippen LogP contribution in [0.5, 0.6) is 0 Å². The van der Waals surface area contributed by atoms with Gasteiger partial charge in [0.05, 0.1) is 21.3 Å². The molecule has 2 rings (SSSR count). The van der Waals surface area contributed by atoms with E-state index in [1.165, 1.54) is 37.2 Å². The minimum absolute atomic E-state index is 0.219. The molecule has 0 atom stereocenters. The number of nitrogens with zero attached hydrogens (tertiary/aromatic N) is 1. The van der Waals surface area contributed by atoms with Crippen LogP contribution in [0.3, 0.4) is 0 Å². The first kappa shape index (κ1) is 19.8. The quantitative estimate of drug-likeness (QED) is 0.819. The fourth-order valence-electron chi connectivity index (χ4n) is 2.31. The van der Waals surface area contributed by atoms with Crippen LogP contribution in [0.4, 0.5) is 5.69 Å². The van der Waals surface area contributed by atoms with Crippen LogP contribution in [-0.2, 0) is 4.79 Å². The fourth-order valence-corrected chi connectivity index (χ4v) is 2.61. The van der Waals surface area contributed by atoms with Crippen molar-refractivity contribution in [1.82, 2.24) is 10.6 Å². The van der Waals surface area contributed by atoms with Crippen LogP contribution in [0.2, 0.25) is 10.0 Å². The minimum atomic E-state index is -0.483. The van der Waals surface area contributed by atoms with Crippen molar-refractivity contribution in [2.45, 2.75) is 0 Å². The van der Waals surface area contributed by atoms with Gasteiger partial charge in [0.1, 0.15) is 6.54 Å². The summed E-state index contributed by atoms with van der Waals surface area (Å²) in [6, 6.07) is 11.0. The van der Waals surface area contributed by atoms with Gasteiger partial charge in [0, 0.05) is 19.7 Å². The molecule has 0 aliphatic heterocycles. The molecular formula is C18H17Cl2N3O3. The second-order valence-corrected chi connectivity index (χ2v) is 6.10. The van der Waals surface area contributed by atoms with Crippen LogP contribution in [0.25, 0.3) is 0 Å². The van der Waals surface area contributed by atoms with Crippen molar-refractivity contribution in [2.24, 2.45) is 0 Å². The smallest absolute Gasteiger partial charge is 0.258 e. The number of carbonyl (C=O) groups is 3. The molecule has 0 bridgehead atoms. The molecule has 0 spiro atoms. The molecule has 0 unspecified atom stereocenters. The average Bonchev–Trinajstić information content (AvgIpc) is 2.66. The lowest BCUT2D eigenvalue weighted by atomic mass is 10.1. The largest absolute Gasteiger partial charge is 0.358 e. The zero-order chi connectivity index (χ0) is 19.3. The summed E-state index contributed by atoms with van der Waals surface area (Å²) in [6.45, 7) is -0.260. The lowest BCUT2D eigenvalue weighted by Gasteiger charge is -2.24. The highest BCUT2D eigenvalue weighted by Crippen LogP contribution is 2.26. The van der Waals surface area contributed by atoms with Gasteiger partial charge in [-0.2, -0.15) is 0 Å². The van der Waals surface area contributed by atoms with Crippen molar-refractivity contribution >= 4 is 46.6 Å². The molecule has 0 aliphatic carbocycles. The van der Waals surface area contributed by atoms with Crippen LogP contribution in [0.1, 0.15) is 20.7 Å². The number of hydrogen-bond acceptors (Lipinski definition) is 3. The number of benzene rings is 2. The molecule has 0 saturated heterocycles. The fraction of sp³-hybridized carbons (Fsp3) is 0.167. The molecule has 26 heavy (non-hydrogen) atoms. The van der Waals surface area contributed by atoms with Gasteiger partial charge in [-0.1, -0.05) is 35.3 Å². The number of likely N-dealkylation sites (N-methyl/N-ethyl adjacent to an activating group) is 1. The van der Waals surface area contributed by atoms with E-state index in [9.17, 15) is 14.4 Å². The van der Waals surface area contributed by atoms with Crippen molar-refractivity contribution in [1.29, 1.82) is 0 Å². The molecule has 0 heterocycles. The molecule has 3 amide bonds. The summed E-state index contributed by atoms with van der Waals surface area (Å²) >= 11 is 11.9. The van der Waals surface area contributed by atoms with E-state index in [0.717, 1.165) is 0 Å². The standard InChI is InChI=1S/C18H17Cl2N3O3/c1-21-16(24)10-23(15-6-4-3-5-12(15)17(25)22-2)18(26)11-7-8-13(19)14(20)9-11/h3-9H,10H2,1-2H3,(H,21,24)(H,22,25). The van der Waals surface area contributed by atoms with Gasteiger partial charge < -0.3 is 10.6 Å². The van der Waals surface area contributed by atoms with E-state index in [1.54, 1.807) is 24.3 Å². The molecule has 2 N–H and O–H groups in total. The van der Waals surface area contributed by atoms with E-state index in [4.69, 9.17) is 23.2 Å². The zero-order valence-electron chi connectivity index (χ0n) is 14.2. The van der Waals surface area contributed by atoms with Gasteiger partial charge in [0.25, 0.3) is 11.8 Å². The Morgan fingerprint density at radius 3 is 2.27 bits per heavy atom. The van der Waals surface area contributed by atoms with Crippen LogP contribution in [0, 0.1) is 0 Å². The maximum absolute atomic E-state index is 13.0. The number of amides is 3. The first-order valence-electron chi connectivity index (χ1n) is 7.67. The van der Waals surface area contributed by atoms with E-state index in [-0.39, 0.29) is 34.5 Å². The van der Waals surface area contributed by atoms with Crippen LogP contribution < -0.4 is 15.5 Å². The molecule has 0 aromatic heterocycles. The lowest BCUT2D eigenvalue weighted by Crippen LogP contribution is -2.41. The van der Waals surface area contributed by atoms with Gasteiger partial charge in [0.2, 0.25) is 5.91 Å². The summed E-state index contributed by atoms with van der Waals surface area (Å²) in [5.41, 5.74) is 0.828. The number of carbonyl (C=O) groups excluding carboxylic acids is 3. The third kappa shape index (κ3) is 4.33. The van der Waals surface area contributed by atoms with Crippen molar-refractivity contribution in [3.63, 3.8) is 0 Å². The Balaban J connectivity index is 2.53. The first-order valence-corrected chi connectivity index (χ1v) is 8.43. The zero-order valence-corrected chi connectivity index (χ0v) is 15.7. The van der Waals surface area contributed by atoms with E-state index < -0.39 is 5.91 Å². The third-order valence-corrected chi connectivity index (χ3v) is 4.40. The Morgan fingerprint density at radius 2 is 1.65 bits per heavy atom. The monoisotopic (exact) mass is 393 g/mol. The predicted octanol–water partition coefficient (Wildman–Crippen LogP) is 2.75. The molecule has 0 saturated carbocycles. The Kier molecular flexibility index (Phi) is 6.60. The summed E-state index contributed by atoms with van der Waals surface area (Å²) in [7, 11) is 2.96. The third-order valence-electron chi connectivity index (χ3n) is 3.66. The van der Waals surface area contributed by atoms with E-state index in [1.807, 2.05) is 0 Å². The molecule has 8 heteroatoms. The van der Waals surface area contributed by atoms with Gasteiger partial charge in [-0.15, -0.1) is 0 Å². The molecule has 6 nitrogen and oxygen atoms in total. The Bertz CT molecular complexity index is 855. The molecule has 136 valence electrons. The van der Waals surface area contributed by atoms with E-state index in [2.05, 4.69) is 10.6 Å². The van der Waals surface area contributed by atoms with Gasteiger partial charge in [-0.25, -0.2) is 0 Å². The second kappa shape index (κ2) is 8.69. The Hall–Kier alpha value is -2.57. The summed E-state index contributed by atoms with van der Waals surface area (Å²) < 4.78 is 0. The summed E-state index contributed by atoms with van der Waals surface area (Å²) in [5, 5.41) is 5.53. The van der Waals surface area contributed by atoms with Crippen molar-refractivity contribution in [3.8, 4) is 0 Å². The lowest BCUT2D eigenvalue weighted by molar-refractivity contribution is -0.119. The maximum Gasteiger partial charge on any atom is 0.258 e. The number of hydrogen-bond donors (Lipinski definition) is 2. The molecule has 0 radical (unpaired) electrons. The maximum atomic E-state index is 13.0. The van der Waals surface area contributed by atoms with Crippen molar-refractivity contribution in [2.75, 3.05) is 25.5 Å². The molecule has 2 aromatic rings. The highest BCUT2D eigenvalue weighted by atomic mass is 35.5. The number of para-hydroxylation sites is 1. The number of rotatable bonds is 5. The first-order chi connectivity index (χ1) is 12.4.